The Morgan fingerprint density at radius 3 is 2.69 bits per heavy atom. The van der Waals surface area contributed by atoms with Crippen molar-refractivity contribution < 1.29 is 9.18 Å². The minimum atomic E-state index is -0.544. The summed E-state index contributed by atoms with van der Waals surface area (Å²) in [6.07, 6.45) is 0. The number of halogens is 2. The van der Waals surface area contributed by atoms with E-state index in [9.17, 15) is 9.18 Å². The van der Waals surface area contributed by atoms with Gasteiger partial charge in [-0.05, 0) is 32.0 Å². The third-order valence-corrected chi connectivity index (χ3v) is 2.18. The van der Waals surface area contributed by atoms with Crippen LogP contribution in [0.2, 0.25) is 5.02 Å². The van der Waals surface area contributed by atoms with Gasteiger partial charge in [0, 0.05) is 17.6 Å². The maximum Gasteiger partial charge on any atom is 0.251 e. The van der Waals surface area contributed by atoms with E-state index < -0.39 is 11.4 Å². The SMILES string of the molecule is CC(C)(N)CNC(=O)c1ccc(F)c(Cl)c1. The lowest BCUT2D eigenvalue weighted by Gasteiger charge is -2.18. The highest BCUT2D eigenvalue weighted by Crippen LogP contribution is 2.15. The van der Waals surface area contributed by atoms with Gasteiger partial charge in [0.25, 0.3) is 5.91 Å². The van der Waals surface area contributed by atoms with Crippen molar-refractivity contribution in [2.24, 2.45) is 5.73 Å². The molecule has 1 rings (SSSR count). The molecular weight excluding hydrogens is 231 g/mol. The zero-order valence-electron chi connectivity index (χ0n) is 9.18. The second-order valence-corrected chi connectivity index (χ2v) is 4.71. The molecule has 0 aliphatic carbocycles. The molecule has 1 amide bonds. The summed E-state index contributed by atoms with van der Waals surface area (Å²) in [4.78, 5) is 11.6. The van der Waals surface area contributed by atoms with Crippen LogP contribution in [0.1, 0.15) is 24.2 Å². The average Bonchev–Trinajstić information content (AvgIpc) is 2.17. The van der Waals surface area contributed by atoms with Gasteiger partial charge in [-0.15, -0.1) is 0 Å². The summed E-state index contributed by atoms with van der Waals surface area (Å²) in [6, 6.07) is 3.82. The van der Waals surface area contributed by atoms with E-state index in [1.165, 1.54) is 12.1 Å². The van der Waals surface area contributed by atoms with E-state index in [1.54, 1.807) is 13.8 Å². The summed E-state index contributed by atoms with van der Waals surface area (Å²) >= 11 is 5.57. The molecule has 0 atom stereocenters. The fraction of sp³-hybridized carbons (Fsp3) is 0.364. The minimum absolute atomic E-state index is 0.0698. The van der Waals surface area contributed by atoms with Gasteiger partial charge in [-0.1, -0.05) is 11.6 Å². The van der Waals surface area contributed by atoms with Crippen molar-refractivity contribution in [3.05, 3.63) is 34.6 Å². The lowest BCUT2D eigenvalue weighted by atomic mass is 10.1. The molecule has 0 aliphatic heterocycles. The lowest BCUT2D eigenvalue weighted by molar-refractivity contribution is 0.0946. The molecule has 1 aromatic rings. The highest BCUT2D eigenvalue weighted by molar-refractivity contribution is 6.31. The zero-order valence-corrected chi connectivity index (χ0v) is 9.94. The number of nitrogens with two attached hydrogens (primary N) is 1. The lowest BCUT2D eigenvalue weighted by Crippen LogP contribution is -2.45. The van der Waals surface area contributed by atoms with Gasteiger partial charge in [-0.3, -0.25) is 4.79 Å². The maximum absolute atomic E-state index is 12.9. The molecule has 16 heavy (non-hydrogen) atoms. The maximum atomic E-state index is 12.9. The molecule has 0 radical (unpaired) electrons. The summed E-state index contributed by atoms with van der Waals surface area (Å²) in [7, 11) is 0. The Kier molecular flexibility index (Phi) is 3.88. The number of nitrogens with one attached hydrogen (secondary N) is 1. The summed E-state index contributed by atoms with van der Waals surface area (Å²) in [6.45, 7) is 3.93. The highest BCUT2D eigenvalue weighted by atomic mass is 35.5. The van der Waals surface area contributed by atoms with Crippen LogP contribution in [0.15, 0.2) is 18.2 Å². The molecule has 0 aromatic heterocycles. The normalized spacial score (nSPS) is 11.3. The standard InChI is InChI=1S/C11H14ClFN2O/c1-11(2,14)6-15-10(16)7-3-4-9(13)8(12)5-7/h3-5H,6,14H2,1-2H3,(H,15,16). The Morgan fingerprint density at radius 1 is 1.56 bits per heavy atom. The Hall–Kier alpha value is -1.13. The smallest absolute Gasteiger partial charge is 0.251 e. The molecule has 0 aliphatic rings. The molecule has 0 heterocycles. The van der Waals surface area contributed by atoms with Gasteiger partial charge in [0.15, 0.2) is 0 Å². The summed E-state index contributed by atoms with van der Waals surface area (Å²) in [5.41, 5.74) is 5.54. The van der Waals surface area contributed by atoms with Gasteiger partial charge in [-0.25, -0.2) is 4.39 Å². The van der Waals surface area contributed by atoms with E-state index in [0.29, 0.717) is 12.1 Å². The van der Waals surface area contributed by atoms with Crippen LogP contribution in [0.5, 0.6) is 0 Å². The molecule has 0 fully saturated rings. The first-order valence-corrected chi connectivity index (χ1v) is 5.19. The monoisotopic (exact) mass is 244 g/mol. The molecule has 88 valence electrons. The van der Waals surface area contributed by atoms with Crippen molar-refractivity contribution in [2.45, 2.75) is 19.4 Å². The van der Waals surface area contributed by atoms with Crippen LogP contribution in [-0.4, -0.2) is 18.0 Å². The predicted octanol–water partition coefficient (Wildman–Crippen LogP) is 1.95. The third kappa shape index (κ3) is 3.79. The van der Waals surface area contributed by atoms with E-state index >= 15 is 0 Å². The quantitative estimate of drug-likeness (QED) is 0.854. The third-order valence-electron chi connectivity index (χ3n) is 1.89. The number of benzene rings is 1. The van der Waals surface area contributed by atoms with E-state index in [2.05, 4.69) is 5.32 Å². The van der Waals surface area contributed by atoms with Gasteiger partial charge >= 0.3 is 0 Å². The van der Waals surface area contributed by atoms with Crippen molar-refractivity contribution in [1.29, 1.82) is 0 Å². The second kappa shape index (κ2) is 4.80. The van der Waals surface area contributed by atoms with E-state index in [-0.39, 0.29) is 10.9 Å². The highest BCUT2D eigenvalue weighted by Gasteiger charge is 2.14. The van der Waals surface area contributed by atoms with Gasteiger partial charge in [-0.2, -0.15) is 0 Å². The molecule has 0 saturated carbocycles. The first kappa shape index (κ1) is 12.9. The van der Waals surface area contributed by atoms with E-state index in [0.717, 1.165) is 6.07 Å². The van der Waals surface area contributed by atoms with Gasteiger partial charge in [0.05, 0.1) is 5.02 Å². The van der Waals surface area contributed by atoms with Gasteiger partial charge < -0.3 is 11.1 Å². The number of carbonyl (C=O) groups excluding carboxylic acids is 1. The van der Waals surface area contributed by atoms with E-state index in [1.807, 2.05) is 0 Å². The Bertz CT molecular complexity index is 401. The second-order valence-electron chi connectivity index (χ2n) is 4.30. The number of rotatable bonds is 3. The Labute approximate surface area is 98.8 Å². The largest absolute Gasteiger partial charge is 0.350 e. The Morgan fingerprint density at radius 2 is 2.19 bits per heavy atom. The number of hydrogen-bond acceptors (Lipinski definition) is 2. The first-order chi connectivity index (χ1) is 7.29. The fourth-order valence-corrected chi connectivity index (χ4v) is 1.23. The molecule has 1 aromatic carbocycles. The molecule has 0 spiro atoms. The number of amides is 1. The molecular formula is C11H14ClFN2O. The summed E-state index contributed by atoms with van der Waals surface area (Å²) < 4.78 is 12.9. The van der Waals surface area contributed by atoms with Crippen LogP contribution in [0, 0.1) is 5.82 Å². The van der Waals surface area contributed by atoms with Gasteiger partial charge in [0.1, 0.15) is 5.82 Å². The van der Waals surface area contributed by atoms with Crippen molar-refractivity contribution >= 4 is 17.5 Å². The first-order valence-electron chi connectivity index (χ1n) is 4.82. The molecule has 3 N–H and O–H groups in total. The molecule has 0 unspecified atom stereocenters. The van der Waals surface area contributed by atoms with Crippen LogP contribution in [0.25, 0.3) is 0 Å². The van der Waals surface area contributed by atoms with Crippen LogP contribution in [-0.2, 0) is 0 Å². The minimum Gasteiger partial charge on any atom is -0.350 e. The van der Waals surface area contributed by atoms with E-state index in [4.69, 9.17) is 17.3 Å². The number of hydrogen-bond donors (Lipinski definition) is 2. The number of carbonyl (C=O) groups is 1. The van der Waals surface area contributed by atoms with Gasteiger partial charge in [0.2, 0.25) is 0 Å². The van der Waals surface area contributed by atoms with Crippen molar-refractivity contribution in [3.63, 3.8) is 0 Å². The summed E-state index contributed by atoms with van der Waals surface area (Å²) in [5, 5.41) is 2.57. The zero-order chi connectivity index (χ0) is 12.3. The molecule has 3 nitrogen and oxygen atoms in total. The predicted molar refractivity (Wildman–Crippen MR) is 62.0 cm³/mol. The fourth-order valence-electron chi connectivity index (χ4n) is 1.05. The van der Waals surface area contributed by atoms with Crippen LogP contribution >= 0.6 is 11.6 Å². The van der Waals surface area contributed by atoms with Crippen molar-refractivity contribution in [3.8, 4) is 0 Å². The van der Waals surface area contributed by atoms with Crippen LogP contribution in [0.3, 0.4) is 0 Å². The summed E-state index contributed by atoms with van der Waals surface area (Å²) in [5.74, 6) is -0.863. The molecule has 5 heteroatoms. The van der Waals surface area contributed by atoms with Crippen molar-refractivity contribution in [1.82, 2.24) is 5.32 Å². The van der Waals surface area contributed by atoms with Crippen LogP contribution in [0.4, 0.5) is 4.39 Å². The Balaban J connectivity index is 2.70. The van der Waals surface area contributed by atoms with Crippen molar-refractivity contribution in [2.75, 3.05) is 6.54 Å². The van der Waals surface area contributed by atoms with Crippen LogP contribution < -0.4 is 11.1 Å². The molecule has 0 bridgehead atoms. The molecule has 0 saturated heterocycles. The topological polar surface area (TPSA) is 55.1 Å². The average molecular weight is 245 g/mol.